The Balaban J connectivity index is 2.15. The standard InChI is InChI=1S/C12H15N5O2/c1-3-6-18-11-15-10(13)16-12(17-11)19-9-5-4-8(2)14-7-9/h4-5,7H,3,6H2,1-2H3,(H2,13,15,16,17). The first-order valence-electron chi connectivity index (χ1n) is 5.92. The number of hydrogen-bond acceptors (Lipinski definition) is 7. The van der Waals surface area contributed by atoms with Crippen molar-refractivity contribution < 1.29 is 9.47 Å². The first kappa shape index (κ1) is 13.0. The third-order valence-electron chi connectivity index (χ3n) is 2.14. The highest BCUT2D eigenvalue weighted by Gasteiger charge is 2.07. The highest BCUT2D eigenvalue weighted by Crippen LogP contribution is 2.19. The highest BCUT2D eigenvalue weighted by atomic mass is 16.5. The van der Waals surface area contributed by atoms with Crippen LogP contribution in [-0.2, 0) is 0 Å². The lowest BCUT2D eigenvalue weighted by Crippen LogP contribution is -2.05. The van der Waals surface area contributed by atoms with E-state index in [1.807, 2.05) is 19.9 Å². The summed E-state index contributed by atoms with van der Waals surface area (Å²) in [6.45, 7) is 4.39. The molecular formula is C12H15N5O2. The van der Waals surface area contributed by atoms with E-state index in [4.69, 9.17) is 15.2 Å². The number of anilines is 1. The predicted molar refractivity (Wildman–Crippen MR) is 69.1 cm³/mol. The first-order chi connectivity index (χ1) is 9.17. The van der Waals surface area contributed by atoms with Crippen molar-refractivity contribution in [1.29, 1.82) is 0 Å². The molecule has 0 saturated carbocycles. The van der Waals surface area contributed by atoms with E-state index in [9.17, 15) is 0 Å². The van der Waals surface area contributed by atoms with Gasteiger partial charge in [0.15, 0.2) is 0 Å². The summed E-state index contributed by atoms with van der Waals surface area (Å²) in [5.74, 6) is 0.578. The number of ether oxygens (including phenoxy) is 2. The minimum absolute atomic E-state index is 0.0520. The molecule has 2 rings (SSSR count). The Labute approximate surface area is 110 Å². The van der Waals surface area contributed by atoms with Crippen molar-refractivity contribution in [2.24, 2.45) is 0 Å². The molecule has 0 bridgehead atoms. The normalized spacial score (nSPS) is 10.2. The van der Waals surface area contributed by atoms with Crippen molar-refractivity contribution in [3.63, 3.8) is 0 Å². The monoisotopic (exact) mass is 261 g/mol. The Morgan fingerprint density at radius 1 is 1.16 bits per heavy atom. The van der Waals surface area contributed by atoms with Gasteiger partial charge in [-0.2, -0.15) is 9.97 Å². The quantitative estimate of drug-likeness (QED) is 0.875. The van der Waals surface area contributed by atoms with Gasteiger partial charge in [-0.3, -0.25) is 4.98 Å². The Hall–Kier alpha value is -2.44. The van der Waals surface area contributed by atoms with E-state index >= 15 is 0 Å². The number of aryl methyl sites for hydroxylation is 1. The number of hydrogen-bond donors (Lipinski definition) is 1. The van der Waals surface area contributed by atoms with Crippen LogP contribution in [0.4, 0.5) is 5.95 Å². The molecule has 7 heteroatoms. The molecular weight excluding hydrogens is 246 g/mol. The molecule has 19 heavy (non-hydrogen) atoms. The topological polar surface area (TPSA) is 96.0 Å². The molecule has 2 N–H and O–H groups in total. The van der Waals surface area contributed by atoms with E-state index in [2.05, 4.69) is 19.9 Å². The van der Waals surface area contributed by atoms with Crippen molar-refractivity contribution in [2.45, 2.75) is 20.3 Å². The van der Waals surface area contributed by atoms with E-state index < -0.39 is 0 Å². The Bertz CT molecular complexity index is 544. The van der Waals surface area contributed by atoms with E-state index in [-0.39, 0.29) is 18.0 Å². The van der Waals surface area contributed by atoms with Crippen LogP contribution in [-0.4, -0.2) is 26.5 Å². The van der Waals surface area contributed by atoms with E-state index in [0.717, 1.165) is 12.1 Å². The zero-order chi connectivity index (χ0) is 13.7. The zero-order valence-corrected chi connectivity index (χ0v) is 10.8. The predicted octanol–water partition coefficient (Wildman–Crippen LogP) is 1.74. The van der Waals surface area contributed by atoms with Crippen molar-refractivity contribution in [3.8, 4) is 17.8 Å². The molecule has 7 nitrogen and oxygen atoms in total. The van der Waals surface area contributed by atoms with Gasteiger partial charge in [0.1, 0.15) is 5.75 Å². The van der Waals surface area contributed by atoms with Crippen molar-refractivity contribution in [3.05, 3.63) is 24.0 Å². The molecule has 0 unspecified atom stereocenters. The summed E-state index contributed by atoms with van der Waals surface area (Å²) in [7, 11) is 0. The number of nitrogen functional groups attached to an aromatic ring is 1. The lowest BCUT2D eigenvalue weighted by atomic mass is 10.4. The van der Waals surface area contributed by atoms with Gasteiger partial charge in [0.2, 0.25) is 5.95 Å². The number of nitrogens with zero attached hydrogens (tertiary/aromatic N) is 4. The smallest absolute Gasteiger partial charge is 0.330 e. The van der Waals surface area contributed by atoms with Gasteiger partial charge in [-0.15, -0.1) is 4.98 Å². The molecule has 0 amide bonds. The number of pyridine rings is 1. The van der Waals surface area contributed by atoms with Crippen LogP contribution in [0.1, 0.15) is 19.0 Å². The second-order valence-corrected chi connectivity index (χ2v) is 3.84. The van der Waals surface area contributed by atoms with Gasteiger partial charge in [-0.05, 0) is 25.5 Å². The van der Waals surface area contributed by atoms with Gasteiger partial charge in [0.25, 0.3) is 0 Å². The summed E-state index contributed by atoms with van der Waals surface area (Å²) in [4.78, 5) is 15.9. The van der Waals surface area contributed by atoms with Crippen LogP contribution < -0.4 is 15.2 Å². The Morgan fingerprint density at radius 3 is 2.63 bits per heavy atom. The number of rotatable bonds is 5. The van der Waals surface area contributed by atoms with Crippen LogP contribution in [0.2, 0.25) is 0 Å². The third-order valence-corrected chi connectivity index (χ3v) is 2.14. The summed E-state index contributed by atoms with van der Waals surface area (Å²) >= 11 is 0. The largest absolute Gasteiger partial charge is 0.463 e. The van der Waals surface area contributed by atoms with Crippen molar-refractivity contribution >= 4 is 5.95 Å². The maximum absolute atomic E-state index is 5.57. The van der Waals surface area contributed by atoms with Crippen LogP contribution in [0.15, 0.2) is 18.3 Å². The maximum Gasteiger partial charge on any atom is 0.330 e. The van der Waals surface area contributed by atoms with Gasteiger partial charge >= 0.3 is 12.0 Å². The van der Waals surface area contributed by atoms with E-state index in [1.165, 1.54) is 0 Å². The second kappa shape index (κ2) is 5.94. The summed E-state index contributed by atoms with van der Waals surface area (Å²) in [6, 6.07) is 3.84. The highest BCUT2D eigenvalue weighted by molar-refractivity contribution is 5.26. The lowest BCUT2D eigenvalue weighted by Gasteiger charge is -2.06. The SMILES string of the molecule is CCCOc1nc(N)nc(Oc2ccc(C)nc2)n1. The average Bonchev–Trinajstić information content (AvgIpc) is 2.38. The fourth-order valence-corrected chi connectivity index (χ4v) is 1.28. The summed E-state index contributed by atoms with van der Waals surface area (Å²) in [6.07, 6.45) is 2.44. The molecule has 0 aliphatic heterocycles. The summed E-state index contributed by atoms with van der Waals surface area (Å²) in [5.41, 5.74) is 6.47. The van der Waals surface area contributed by atoms with Gasteiger partial charge in [0, 0.05) is 5.69 Å². The fourth-order valence-electron chi connectivity index (χ4n) is 1.28. The lowest BCUT2D eigenvalue weighted by molar-refractivity contribution is 0.285. The van der Waals surface area contributed by atoms with Crippen LogP contribution in [0.3, 0.4) is 0 Å². The number of nitrogens with two attached hydrogens (primary N) is 1. The van der Waals surface area contributed by atoms with Crippen molar-refractivity contribution in [2.75, 3.05) is 12.3 Å². The van der Waals surface area contributed by atoms with Gasteiger partial charge in [0.05, 0.1) is 12.8 Å². The Morgan fingerprint density at radius 2 is 1.95 bits per heavy atom. The summed E-state index contributed by atoms with van der Waals surface area (Å²) in [5, 5.41) is 0. The molecule has 0 aliphatic carbocycles. The van der Waals surface area contributed by atoms with Crippen LogP contribution in [0.25, 0.3) is 0 Å². The van der Waals surface area contributed by atoms with Crippen molar-refractivity contribution in [1.82, 2.24) is 19.9 Å². The molecule has 2 heterocycles. The molecule has 0 atom stereocenters. The van der Waals surface area contributed by atoms with Gasteiger partial charge in [-0.1, -0.05) is 6.92 Å². The molecule has 0 aromatic carbocycles. The van der Waals surface area contributed by atoms with Crippen LogP contribution in [0.5, 0.6) is 17.8 Å². The van der Waals surface area contributed by atoms with Gasteiger partial charge in [-0.25, -0.2) is 0 Å². The molecule has 0 spiro atoms. The summed E-state index contributed by atoms with van der Waals surface area (Å²) < 4.78 is 10.7. The maximum atomic E-state index is 5.57. The molecule has 2 aromatic rings. The van der Waals surface area contributed by atoms with Crippen LogP contribution >= 0.6 is 0 Å². The second-order valence-electron chi connectivity index (χ2n) is 3.84. The molecule has 0 fully saturated rings. The molecule has 0 radical (unpaired) electrons. The molecule has 100 valence electrons. The molecule has 0 saturated heterocycles. The number of aromatic nitrogens is 4. The minimum atomic E-state index is 0.0520. The minimum Gasteiger partial charge on any atom is -0.463 e. The van der Waals surface area contributed by atoms with E-state index in [0.29, 0.717) is 12.4 Å². The first-order valence-corrected chi connectivity index (χ1v) is 5.92. The molecule has 0 aliphatic rings. The van der Waals surface area contributed by atoms with E-state index in [1.54, 1.807) is 12.3 Å². The fraction of sp³-hybridized carbons (Fsp3) is 0.333. The zero-order valence-electron chi connectivity index (χ0n) is 10.8. The third kappa shape index (κ3) is 3.77. The Kier molecular flexibility index (Phi) is 4.07. The average molecular weight is 261 g/mol. The van der Waals surface area contributed by atoms with Crippen LogP contribution in [0, 0.1) is 6.92 Å². The molecule has 2 aromatic heterocycles. The van der Waals surface area contributed by atoms with Gasteiger partial charge < -0.3 is 15.2 Å².